The highest BCUT2D eigenvalue weighted by molar-refractivity contribution is 7.17. The van der Waals surface area contributed by atoms with Gasteiger partial charge in [0.1, 0.15) is 22.1 Å². The summed E-state index contributed by atoms with van der Waals surface area (Å²) in [5, 5.41) is 25.0. The molecule has 0 aliphatic rings. The summed E-state index contributed by atoms with van der Waals surface area (Å²) in [6, 6.07) is 14.6. The van der Waals surface area contributed by atoms with Crippen molar-refractivity contribution in [3.8, 4) is 27.0 Å². The number of methoxy groups -OCH3 is 1. The fourth-order valence-corrected chi connectivity index (χ4v) is 4.52. The van der Waals surface area contributed by atoms with Gasteiger partial charge in [-0.1, -0.05) is 41.7 Å². The lowest BCUT2D eigenvalue weighted by molar-refractivity contribution is -0.384. The Morgan fingerprint density at radius 2 is 1.81 bits per heavy atom. The van der Waals surface area contributed by atoms with Crippen molar-refractivity contribution in [3.05, 3.63) is 64.8 Å². The molecule has 4 rings (SSSR count). The first kappa shape index (κ1) is 25.9. The molecule has 2 heterocycles. The molecule has 0 unspecified atom stereocenters. The zero-order chi connectivity index (χ0) is 26.4. The Hall–Kier alpha value is -4.16. The second kappa shape index (κ2) is 11.7. The summed E-state index contributed by atoms with van der Waals surface area (Å²) in [6.07, 6.45) is 2.46. The highest BCUT2D eigenvalue weighted by Gasteiger charge is 2.22. The van der Waals surface area contributed by atoms with E-state index in [1.807, 2.05) is 56.4 Å². The SMILES string of the molecule is COc1cc(N(C)CCCN(C)C)c([N+](=O)[O-])cc1Nc1nccc(-c2nnc(-c3ccccc3)s2)n1. The number of hydrogen-bond donors (Lipinski definition) is 1. The first-order valence-corrected chi connectivity index (χ1v) is 12.4. The van der Waals surface area contributed by atoms with Gasteiger partial charge in [0.05, 0.1) is 17.7 Å². The summed E-state index contributed by atoms with van der Waals surface area (Å²) in [6.45, 7) is 1.54. The zero-order valence-electron chi connectivity index (χ0n) is 21.1. The van der Waals surface area contributed by atoms with E-state index in [4.69, 9.17) is 4.74 Å². The van der Waals surface area contributed by atoms with Crippen LogP contribution in [0.4, 0.5) is 23.0 Å². The predicted octanol–water partition coefficient (Wildman–Crippen LogP) is 4.71. The van der Waals surface area contributed by atoms with E-state index in [2.05, 4.69) is 30.4 Å². The maximum atomic E-state index is 11.9. The molecule has 2 aromatic heterocycles. The molecule has 192 valence electrons. The van der Waals surface area contributed by atoms with Crippen LogP contribution in [0, 0.1) is 10.1 Å². The topological polar surface area (TPSA) is 122 Å². The number of aromatic nitrogens is 4. The summed E-state index contributed by atoms with van der Waals surface area (Å²) in [4.78, 5) is 24.3. The van der Waals surface area contributed by atoms with Crippen molar-refractivity contribution in [1.29, 1.82) is 0 Å². The zero-order valence-corrected chi connectivity index (χ0v) is 21.9. The molecular formula is C25H28N8O3S. The molecule has 0 fully saturated rings. The number of anilines is 3. The largest absolute Gasteiger partial charge is 0.494 e. The molecule has 0 bridgehead atoms. The van der Waals surface area contributed by atoms with Crippen molar-refractivity contribution in [2.24, 2.45) is 0 Å². The second-order valence-corrected chi connectivity index (χ2v) is 9.52. The molecule has 0 aliphatic heterocycles. The van der Waals surface area contributed by atoms with Gasteiger partial charge in [-0.3, -0.25) is 10.1 Å². The van der Waals surface area contributed by atoms with Crippen molar-refractivity contribution >= 4 is 34.3 Å². The van der Waals surface area contributed by atoms with Crippen LogP contribution in [-0.2, 0) is 0 Å². The average molecular weight is 521 g/mol. The highest BCUT2D eigenvalue weighted by Crippen LogP contribution is 2.39. The Labute approximate surface area is 218 Å². The van der Waals surface area contributed by atoms with Crippen LogP contribution in [0.15, 0.2) is 54.7 Å². The van der Waals surface area contributed by atoms with Crippen LogP contribution >= 0.6 is 11.3 Å². The van der Waals surface area contributed by atoms with Gasteiger partial charge in [0.15, 0.2) is 5.01 Å². The van der Waals surface area contributed by atoms with Gasteiger partial charge in [-0.2, -0.15) is 0 Å². The molecule has 2 aromatic carbocycles. The van der Waals surface area contributed by atoms with Crippen molar-refractivity contribution in [2.45, 2.75) is 6.42 Å². The van der Waals surface area contributed by atoms with Gasteiger partial charge in [-0.25, -0.2) is 9.97 Å². The van der Waals surface area contributed by atoms with Crippen LogP contribution in [0.5, 0.6) is 5.75 Å². The molecule has 0 saturated heterocycles. The molecule has 0 radical (unpaired) electrons. The second-order valence-electron chi connectivity index (χ2n) is 8.55. The smallest absolute Gasteiger partial charge is 0.294 e. The van der Waals surface area contributed by atoms with Gasteiger partial charge in [-0.05, 0) is 33.1 Å². The first-order chi connectivity index (χ1) is 17.9. The van der Waals surface area contributed by atoms with Crippen LogP contribution in [0.3, 0.4) is 0 Å². The molecule has 37 heavy (non-hydrogen) atoms. The third-order valence-corrected chi connectivity index (χ3v) is 6.57. The first-order valence-electron chi connectivity index (χ1n) is 11.6. The third-order valence-electron chi connectivity index (χ3n) is 5.57. The number of nitrogens with one attached hydrogen (secondary N) is 1. The molecule has 0 amide bonds. The molecule has 12 heteroatoms. The van der Waals surface area contributed by atoms with E-state index in [1.165, 1.54) is 24.5 Å². The van der Waals surface area contributed by atoms with Crippen molar-refractivity contribution in [2.75, 3.05) is 51.6 Å². The average Bonchev–Trinajstić information content (AvgIpc) is 3.39. The number of hydrogen-bond acceptors (Lipinski definition) is 11. The van der Waals surface area contributed by atoms with Crippen LogP contribution in [-0.4, -0.2) is 71.3 Å². The normalized spacial score (nSPS) is 10.9. The number of ether oxygens (including phenoxy) is 1. The van der Waals surface area contributed by atoms with Crippen LogP contribution in [0.25, 0.3) is 21.3 Å². The molecule has 4 aromatic rings. The summed E-state index contributed by atoms with van der Waals surface area (Å²) >= 11 is 1.42. The summed E-state index contributed by atoms with van der Waals surface area (Å²) in [5.41, 5.74) is 2.39. The minimum atomic E-state index is -0.397. The highest BCUT2D eigenvalue weighted by atomic mass is 32.1. The van der Waals surface area contributed by atoms with E-state index in [1.54, 1.807) is 18.3 Å². The quantitative estimate of drug-likeness (QED) is 0.220. The van der Waals surface area contributed by atoms with E-state index in [-0.39, 0.29) is 11.6 Å². The Balaban J connectivity index is 1.59. The number of nitrogens with zero attached hydrogens (tertiary/aromatic N) is 7. The van der Waals surface area contributed by atoms with Gasteiger partial charge in [0, 0.05) is 37.5 Å². The molecule has 0 spiro atoms. The van der Waals surface area contributed by atoms with Crippen LogP contribution < -0.4 is 15.0 Å². The van der Waals surface area contributed by atoms with E-state index in [9.17, 15) is 10.1 Å². The summed E-state index contributed by atoms with van der Waals surface area (Å²) < 4.78 is 5.56. The predicted molar refractivity (Wildman–Crippen MR) is 146 cm³/mol. The molecule has 0 saturated carbocycles. The van der Waals surface area contributed by atoms with Crippen LogP contribution in [0.1, 0.15) is 6.42 Å². The van der Waals surface area contributed by atoms with E-state index in [0.717, 1.165) is 23.5 Å². The van der Waals surface area contributed by atoms with Crippen LogP contribution in [0.2, 0.25) is 0 Å². The maximum absolute atomic E-state index is 11.9. The minimum absolute atomic E-state index is 0.0385. The van der Waals surface area contributed by atoms with Crippen molar-refractivity contribution < 1.29 is 9.66 Å². The molecular weight excluding hydrogens is 492 g/mol. The lowest BCUT2D eigenvalue weighted by Crippen LogP contribution is -2.24. The van der Waals surface area contributed by atoms with E-state index >= 15 is 0 Å². The number of nitro groups is 1. The molecule has 1 N–H and O–H groups in total. The Bertz CT molecular complexity index is 1360. The van der Waals surface area contributed by atoms with Gasteiger partial charge < -0.3 is 19.9 Å². The standard InChI is InChI=1S/C25H28N8O3S/c1-31(2)13-8-14-32(3)20-16-22(36-4)19(15-21(20)33(34)35)28-25-26-12-11-18(27-25)24-30-29-23(37-24)17-9-6-5-7-10-17/h5-7,9-12,15-16H,8,13-14H2,1-4H3,(H,26,27,28). The van der Waals surface area contributed by atoms with Crippen molar-refractivity contribution in [3.63, 3.8) is 0 Å². The van der Waals surface area contributed by atoms with E-state index < -0.39 is 4.92 Å². The maximum Gasteiger partial charge on any atom is 0.294 e. The lowest BCUT2D eigenvalue weighted by atomic mass is 10.2. The number of rotatable bonds is 11. The van der Waals surface area contributed by atoms with Gasteiger partial charge in [-0.15, -0.1) is 10.2 Å². The fourth-order valence-electron chi connectivity index (χ4n) is 3.70. The van der Waals surface area contributed by atoms with Crippen molar-refractivity contribution in [1.82, 2.24) is 25.1 Å². The van der Waals surface area contributed by atoms with Gasteiger partial charge in [0.2, 0.25) is 5.95 Å². The number of benzene rings is 2. The Morgan fingerprint density at radius 1 is 1.05 bits per heavy atom. The molecule has 11 nitrogen and oxygen atoms in total. The third kappa shape index (κ3) is 6.35. The number of nitro benzene ring substituents is 1. The van der Waals surface area contributed by atoms with Gasteiger partial charge in [0.25, 0.3) is 5.69 Å². The fraction of sp³-hybridized carbons (Fsp3) is 0.280. The van der Waals surface area contributed by atoms with E-state index in [0.29, 0.717) is 34.4 Å². The summed E-state index contributed by atoms with van der Waals surface area (Å²) in [5.74, 6) is 0.699. The molecule has 0 aliphatic carbocycles. The monoisotopic (exact) mass is 520 g/mol. The Kier molecular flexibility index (Phi) is 8.21. The lowest BCUT2D eigenvalue weighted by Gasteiger charge is -2.22. The van der Waals surface area contributed by atoms with Gasteiger partial charge >= 0.3 is 0 Å². The Morgan fingerprint density at radius 3 is 2.51 bits per heavy atom. The summed E-state index contributed by atoms with van der Waals surface area (Å²) in [7, 11) is 7.35. The molecule has 0 atom stereocenters. The minimum Gasteiger partial charge on any atom is -0.494 e.